The Balaban J connectivity index is 1.93. The van der Waals surface area contributed by atoms with Crippen molar-refractivity contribution in [3.05, 3.63) is 29.5 Å². The molecule has 108 valence electrons. The average Bonchev–Trinajstić information content (AvgIpc) is 2.87. The first-order chi connectivity index (χ1) is 10.1. The van der Waals surface area contributed by atoms with Gasteiger partial charge >= 0.3 is 6.03 Å². The number of nitrogens with one attached hydrogen (secondary N) is 1. The predicted molar refractivity (Wildman–Crippen MR) is 76.2 cm³/mol. The molecular weight excluding hydrogens is 270 g/mol. The number of likely N-dealkylation sites (N-methyl/N-ethyl adjacent to an activating group) is 1. The van der Waals surface area contributed by atoms with Gasteiger partial charge in [-0.1, -0.05) is 0 Å². The van der Waals surface area contributed by atoms with Crippen molar-refractivity contribution >= 4 is 22.8 Å². The Morgan fingerprint density at radius 3 is 2.90 bits per heavy atom. The van der Waals surface area contributed by atoms with Crippen molar-refractivity contribution in [2.75, 3.05) is 20.7 Å². The van der Waals surface area contributed by atoms with Gasteiger partial charge in [0.25, 0.3) is 0 Å². The van der Waals surface area contributed by atoms with Crippen LogP contribution in [-0.2, 0) is 11.3 Å². The monoisotopic (exact) mass is 285 g/mol. The van der Waals surface area contributed by atoms with E-state index in [1.54, 1.807) is 19.1 Å². The first kappa shape index (κ1) is 12.3. The van der Waals surface area contributed by atoms with E-state index >= 15 is 0 Å². The highest BCUT2D eigenvalue weighted by Gasteiger charge is 2.43. The number of fused-ring (bicyclic) bond motifs is 6. The number of urea groups is 1. The van der Waals surface area contributed by atoms with Gasteiger partial charge in [-0.05, 0) is 17.7 Å². The number of ether oxygens (including phenoxy) is 1. The molecule has 1 atom stereocenters. The summed E-state index contributed by atoms with van der Waals surface area (Å²) in [7, 11) is 3.17. The molecular formula is C15H15N3O3. The van der Waals surface area contributed by atoms with Gasteiger partial charge in [-0.2, -0.15) is 0 Å². The molecule has 21 heavy (non-hydrogen) atoms. The summed E-state index contributed by atoms with van der Waals surface area (Å²) in [4.78, 5) is 30.7. The first-order valence-corrected chi connectivity index (χ1v) is 6.85. The number of H-pyrrole nitrogens is 1. The van der Waals surface area contributed by atoms with Gasteiger partial charge in [-0.15, -0.1) is 0 Å². The third kappa shape index (κ3) is 1.53. The zero-order valence-electron chi connectivity index (χ0n) is 11.8. The number of amides is 3. The van der Waals surface area contributed by atoms with E-state index in [0.29, 0.717) is 13.1 Å². The van der Waals surface area contributed by atoms with Crippen LogP contribution in [0.4, 0.5) is 4.79 Å². The summed E-state index contributed by atoms with van der Waals surface area (Å²) in [6.45, 7) is 0.979. The van der Waals surface area contributed by atoms with Crippen molar-refractivity contribution in [2.24, 2.45) is 0 Å². The molecule has 2 aliphatic heterocycles. The van der Waals surface area contributed by atoms with Crippen molar-refractivity contribution in [3.63, 3.8) is 0 Å². The van der Waals surface area contributed by atoms with Gasteiger partial charge < -0.3 is 14.6 Å². The Labute approximate surface area is 121 Å². The Morgan fingerprint density at radius 1 is 1.33 bits per heavy atom. The van der Waals surface area contributed by atoms with Crippen molar-refractivity contribution < 1.29 is 14.3 Å². The normalized spacial score (nSPS) is 21.0. The minimum atomic E-state index is -0.279. The van der Waals surface area contributed by atoms with Crippen LogP contribution >= 0.6 is 0 Å². The summed E-state index contributed by atoms with van der Waals surface area (Å²) in [6, 6.07) is 5.56. The highest BCUT2D eigenvalue weighted by Crippen LogP contribution is 2.39. The number of nitrogens with zero attached hydrogens (tertiary/aromatic N) is 2. The molecule has 6 nitrogen and oxygen atoms in total. The number of methoxy groups -OCH3 is 1. The molecule has 0 radical (unpaired) electrons. The van der Waals surface area contributed by atoms with E-state index in [0.717, 1.165) is 27.9 Å². The highest BCUT2D eigenvalue weighted by atomic mass is 16.5. The van der Waals surface area contributed by atoms with Gasteiger partial charge in [0.1, 0.15) is 5.75 Å². The second-order valence-electron chi connectivity index (χ2n) is 5.54. The molecule has 3 amide bonds. The van der Waals surface area contributed by atoms with Gasteiger partial charge in [0, 0.05) is 36.3 Å². The quantitative estimate of drug-likeness (QED) is 0.866. The van der Waals surface area contributed by atoms with E-state index in [1.807, 2.05) is 18.2 Å². The maximum atomic E-state index is 12.4. The van der Waals surface area contributed by atoms with E-state index in [-0.39, 0.29) is 17.9 Å². The minimum absolute atomic E-state index is 0.131. The number of aromatic nitrogens is 1. The Hall–Kier alpha value is -2.50. The molecule has 1 unspecified atom stereocenters. The molecule has 1 fully saturated rings. The summed E-state index contributed by atoms with van der Waals surface area (Å²) >= 11 is 0. The summed E-state index contributed by atoms with van der Waals surface area (Å²) in [6.07, 6.45) is 0. The van der Waals surface area contributed by atoms with Gasteiger partial charge in [-0.3, -0.25) is 9.69 Å². The molecule has 1 aromatic heterocycles. The molecule has 4 rings (SSSR count). The lowest BCUT2D eigenvalue weighted by Gasteiger charge is -2.40. The van der Waals surface area contributed by atoms with E-state index in [2.05, 4.69) is 4.98 Å². The lowest BCUT2D eigenvalue weighted by Crippen LogP contribution is -2.55. The number of carbonyl (C=O) groups excluding carboxylic acids is 2. The number of hydrogen-bond acceptors (Lipinski definition) is 3. The molecule has 3 heterocycles. The van der Waals surface area contributed by atoms with Gasteiger partial charge in [-0.25, -0.2) is 4.79 Å². The summed E-state index contributed by atoms with van der Waals surface area (Å²) in [5.41, 5.74) is 2.91. The fraction of sp³-hybridized carbons (Fsp3) is 0.333. The standard InChI is InChI=1S/C15H15N3O3/c1-17-14(19)10-6-18(15(17)20)7-12-13(10)9-4-3-8(21-2)5-11(9)16-12/h3-5,10,16H,6-7H2,1-2H3. The van der Waals surface area contributed by atoms with Crippen LogP contribution in [0.5, 0.6) is 5.75 Å². The van der Waals surface area contributed by atoms with Crippen LogP contribution in [-0.4, -0.2) is 47.4 Å². The Morgan fingerprint density at radius 2 is 2.14 bits per heavy atom. The number of hydrogen-bond donors (Lipinski definition) is 1. The van der Waals surface area contributed by atoms with Crippen LogP contribution in [0.3, 0.4) is 0 Å². The molecule has 2 bridgehead atoms. The topological polar surface area (TPSA) is 65.6 Å². The van der Waals surface area contributed by atoms with Crippen LogP contribution in [0.25, 0.3) is 10.9 Å². The molecule has 1 aromatic carbocycles. The van der Waals surface area contributed by atoms with Crippen LogP contribution < -0.4 is 4.74 Å². The second kappa shape index (κ2) is 4.00. The third-order valence-electron chi connectivity index (χ3n) is 4.41. The van der Waals surface area contributed by atoms with Crippen molar-refractivity contribution in [3.8, 4) is 5.75 Å². The molecule has 0 aliphatic carbocycles. The highest BCUT2D eigenvalue weighted by molar-refractivity contribution is 6.03. The van der Waals surface area contributed by atoms with Crippen LogP contribution in [0.1, 0.15) is 17.2 Å². The first-order valence-electron chi connectivity index (χ1n) is 6.85. The summed E-state index contributed by atoms with van der Waals surface area (Å²) in [5.74, 6) is 0.358. The SMILES string of the molecule is COc1ccc2c3c([nH]c2c1)CN1CC3C(=O)N(C)C1=O. The molecule has 0 spiro atoms. The van der Waals surface area contributed by atoms with Crippen molar-refractivity contribution in [2.45, 2.75) is 12.5 Å². The van der Waals surface area contributed by atoms with Crippen molar-refractivity contribution in [1.82, 2.24) is 14.8 Å². The maximum Gasteiger partial charge on any atom is 0.326 e. The van der Waals surface area contributed by atoms with E-state index in [4.69, 9.17) is 4.74 Å². The average molecular weight is 285 g/mol. The number of aromatic amines is 1. The zero-order valence-corrected chi connectivity index (χ0v) is 11.8. The number of benzene rings is 1. The van der Waals surface area contributed by atoms with Crippen molar-refractivity contribution in [1.29, 1.82) is 0 Å². The van der Waals surface area contributed by atoms with Crippen LogP contribution in [0.15, 0.2) is 18.2 Å². The summed E-state index contributed by atoms with van der Waals surface area (Å²) < 4.78 is 5.24. The lowest BCUT2D eigenvalue weighted by atomic mass is 9.89. The molecule has 1 N–H and O–H groups in total. The van der Waals surface area contributed by atoms with Crippen LogP contribution in [0.2, 0.25) is 0 Å². The predicted octanol–water partition coefficient (Wildman–Crippen LogP) is 1.67. The fourth-order valence-corrected chi connectivity index (χ4v) is 3.36. The Kier molecular flexibility index (Phi) is 2.34. The molecule has 0 saturated carbocycles. The maximum absolute atomic E-state index is 12.4. The molecule has 2 aliphatic rings. The fourth-order valence-electron chi connectivity index (χ4n) is 3.36. The molecule has 6 heteroatoms. The van der Waals surface area contributed by atoms with Crippen LogP contribution in [0, 0.1) is 0 Å². The second-order valence-corrected chi connectivity index (χ2v) is 5.54. The number of imide groups is 1. The van der Waals surface area contributed by atoms with E-state index in [1.165, 1.54) is 4.90 Å². The zero-order chi connectivity index (χ0) is 14.7. The van der Waals surface area contributed by atoms with E-state index in [9.17, 15) is 9.59 Å². The van der Waals surface area contributed by atoms with Gasteiger partial charge in [0.2, 0.25) is 5.91 Å². The smallest absolute Gasteiger partial charge is 0.326 e. The number of rotatable bonds is 1. The lowest BCUT2D eigenvalue weighted by molar-refractivity contribution is -0.132. The summed E-state index contributed by atoms with van der Waals surface area (Å²) in [5, 5.41) is 1.03. The Bertz CT molecular complexity index is 780. The van der Waals surface area contributed by atoms with Gasteiger partial charge in [0.15, 0.2) is 0 Å². The third-order valence-corrected chi connectivity index (χ3v) is 4.41. The molecule has 1 saturated heterocycles. The molecule has 2 aromatic rings. The minimum Gasteiger partial charge on any atom is -0.497 e. The van der Waals surface area contributed by atoms with E-state index < -0.39 is 0 Å². The largest absolute Gasteiger partial charge is 0.497 e. The number of carbonyl (C=O) groups is 2. The van der Waals surface area contributed by atoms with Gasteiger partial charge in [0.05, 0.1) is 19.6 Å².